The van der Waals surface area contributed by atoms with Gasteiger partial charge < -0.3 is 24.6 Å². The molecule has 8 rings (SSSR count). The summed E-state index contributed by atoms with van der Waals surface area (Å²) < 4.78 is 48.9. The van der Waals surface area contributed by atoms with Gasteiger partial charge in [0, 0.05) is 28.9 Å². The number of benzene rings is 3. The zero-order valence-electron chi connectivity index (χ0n) is 33.6. The SMILES string of the molecule is CC1(C)CCc2sc(-c3cccc(CCCN(CC[C@H](Cc4ccccc4)NC(=O)O[C@H]4CO[C@@]5(C)OCC[C@@H]45)S(=O)(=O)c4ccc5ncsc5c4)c3)c(C(=O)O)c2C1. The Hall–Kier alpha value is -4.18. The number of aromatic carboxylic acids is 1. The number of nitrogens with one attached hydrogen (secondary N) is 1. The first-order chi connectivity index (χ1) is 28.3. The number of aromatic nitrogens is 1. The molecule has 0 bridgehead atoms. The van der Waals surface area contributed by atoms with E-state index >= 15 is 0 Å². The predicted molar refractivity (Wildman–Crippen MR) is 230 cm³/mol. The normalized spacial score (nSPS) is 21.6. The van der Waals surface area contributed by atoms with Crippen LogP contribution in [0.25, 0.3) is 20.7 Å². The van der Waals surface area contributed by atoms with Crippen LogP contribution in [0.1, 0.15) is 78.4 Å². The molecule has 0 radical (unpaired) electrons. The molecule has 2 aromatic heterocycles. The van der Waals surface area contributed by atoms with Gasteiger partial charge in [0.2, 0.25) is 10.0 Å². The highest BCUT2D eigenvalue weighted by atomic mass is 32.2. The molecule has 2 N–H and O–H groups in total. The highest BCUT2D eigenvalue weighted by Crippen LogP contribution is 2.45. The molecule has 3 aliphatic rings. The van der Waals surface area contributed by atoms with Crippen molar-refractivity contribution in [2.24, 2.45) is 11.3 Å². The molecule has 1 aliphatic carbocycles. The standard InChI is InChI=1S/C45H51N3O8S3/c1-44(2)19-16-38-34(26-44)40(42(49)50)41(58-38)31-13-7-11-29(23-31)12-8-20-48(59(52,53)33-14-15-36-39(25-33)57-28-46-36)21-17-32(24-30-9-5-4-6-10-30)47-43(51)56-37-27-55-45(3)35(37)18-22-54-45/h4-7,9-11,13-15,23,25,28,32,35,37H,8,12,16-22,24,26-27H2,1-3H3,(H,47,51)(H,49,50)/t32-,35+,37+,45-/m1/s1. The van der Waals surface area contributed by atoms with Crippen molar-refractivity contribution in [2.75, 3.05) is 26.3 Å². The maximum Gasteiger partial charge on any atom is 0.407 e. The lowest BCUT2D eigenvalue weighted by molar-refractivity contribution is -0.181. The number of carbonyl (C=O) groups is 2. The summed E-state index contributed by atoms with van der Waals surface area (Å²) >= 11 is 2.98. The van der Waals surface area contributed by atoms with Gasteiger partial charge in [-0.05, 0) is 104 Å². The molecule has 2 aliphatic heterocycles. The monoisotopic (exact) mass is 857 g/mol. The maximum atomic E-state index is 14.5. The number of rotatable bonds is 15. The van der Waals surface area contributed by atoms with Crippen molar-refractivity contribution in [3.8, 4) is 10.4 Å². The number of ether oxygens (including phenoxy) is 3. The van der Waals surface area contributed by atoms with Gasteiger partial charge in [0.15, 0.2) is 5.79 Å². The third kappa shape index (κ3) is 9.13. The van der Waals surface area contributed by atoms with Gasteiger partial charge in [-0.3, -0.25) is 0 Å². The van der Waals surface area contributed by atoms with Crippen molar-refractivity contribution >= 4 is 55.0 Å². The number of carboxylic acids is 1. The van der Waals surface area contributed by atoms with Crippen LogP contribution in [0.3, 0.4) is 0 Å². The van der Waals surface area contributed by atoms with Crippen molar-refractivity contribution < 1.29 is 37.3 Å². The van der Waals surface area contributed by atoms with E-state index in [0.717, 1.165) is 67.9 Å². The zero-order chi connectivity index (χ0) is 41.4. The van der Waals surface area contributed by atoms with E-state index in [0.29, 0.717) is 37.9 Å². The molecule has 0 spiro atoms. The number of thiazole rings is 1. The maximum absolute atomic E-state index is 14.5. The average Bonchev–Trinajstić information content (AvgIpc) is 3.99. The third-order valence-corrected chi connectivity index (χ3v) is 16.1. The van der Waals surface area contributed by atoms with Crippen LogP contribution in [-0.4, -0.2) is 79.1 Å². The van der Waals surface area contributed by atoms with Gasteiger partial charge in [0.05, 0.1) is 45.3 Å². The van der Waals surface area contributed by atoms with Gasteiger partial charge in [0.25, 0.3) is 0 Å². The van der Waals surface area contributed by atoms with Crippen molar-refractivity contribution in [2.45, 2.75) is 95.0 Å². The van der Waals surface area contributed by atoms with E-state index < -0.39 is 40.0 Å². The van der Waals surface area contributed by atoms with Gasteiger partial charge in [-0.15, -0.1) is 22.7 Å². The summed E-state index contributed by atoms with van der Waals surface area (Å²) in [6.07, 6.45) is 4.30. The second-order valence-electron chi connectivity index (χ2n) is 16.9. The number of hydrogen-bond donors (Lipinski definition) is 2. The van der Waals surface area contributed by atoms with E-state index in [1.807, 2.05) is 61.5 Å². The predicted octanol–water partition coefficient (Wildman–Crippen LogP) is 8.74. The number of carbonyl (C=O) groups excluding carboxylic acids is 1. The number of sulfonamides is 1. The Morgan fingerprint density at radius 2 is 1.85 bits per heavy atom. The van der Waals surface area contributed by atoms with E-state index in [1.54, 1.807) is 35.0 Å². The number of thiophene rings is 1. The van der Waals surface area contributed by atoms with E-state index in [9.17, 15) is 23.1 Å². The lowest BCUT2D eigenvalue weighted by Gasteiger charge is -2.29. The summed E-state index contributed by atoms with van der Waals surface area (Å²) in [7, 11) is -3.96. The van der Waals surface area contributed by atoms with Gasteiger partial charge in [-0.1, -0.05) is 68.4 Å². The van der Waals surface area contributed by atoms with Crippen molar-refractivity contribution in [1.29, 1.82) is 0 Å². The molecule has 11 nitrogen and oxygen atoms in total. The highest BCUT2D eigenvalue weighted by Gasteiger charge is 2.53. The van der Waals surface area contributed by atoms with Crippen LogP contribution in [0, 0.1) is 11.3 Å². The summed E-state index contributed by atoms with van der Waals surface area (Å²) in [5, 5.41) is 13.4. The Balaban J connectivity index is 1.01. The third-order valence-electron chi connectivity index (χ3n) is 12.1. The van der Waals surface area contributed by atoms with Crippen LogP contribution < -0.4 is 5.32 Å². The van der Waals surface area contributed by atoms with Crippen molar-refractivity contribution in [1.82, 2.24) is 14.6 Å². The van der Waals surface area contributed by atoms with Crippen LogP contribution in [-0.2, 0) is 49.9 Å². The van der Waals surface area contributed by atoms with Crippen LogP contribution >= 0.6 is 22.7 Å². The van der Waals surface area contributed by atoms with E-state index in [-0.39, 0.29) is 35.9 Å². The summed E-state index contributed by atoms with van der Waals surface area (Å²) in [5.41, 5.74) is 6.74. The molecule has 312 valence electrons. The largest absolute Gasteiger partial charge is 0.478 e. The van der Waals surface area contributed by atoms with E-state index in [1.165, 1.54) is 15.6 Å². The first-order valence-corrected chi connectivity index (χ1v) is 23.5. The molecule has 5 aromatic rings. The van der Waals surface area contributed by atoms with E-state index in [2.05, 4.69) is 24.1 Å². The second kappa shape index (κ2) is 17.1. The number of aryl methyl sites for hydroxylation is 2. The fourth-order valence-corrected chi connectivity index (χ4v) is 12.5. The summed E-state index contributed by atoms with van der Waals surface area (Å²) in [6.45, 7) is 7.47. The zero-order valence-corrected chi connectivity index (χ0v) is 36.1. The number of alkyl carbamates (subject to hydrolysis) is 1. The highest BCUT2D eigenvalue weighted by molar-refractivity contribution is 7.89. The Bertz CT molecular complexity index is 2430. The van der Waals surface area contributed by atoms with E-state index in [4.69, 9.17) is 14.2 Å². The van der Waals surface area contributed by atoms with Crippen LogP contribution in [0.2, 0.25) is 0 Å². The topological polar surface area (TPSA) is 144 Å². The van der Waals surface area contributed by atoms with Crippen molar-refractivity contribution in [3.05, 3.63) is 105 Å². The molecule has 2 saturated heterocycles. The minimum Gasteiger partial charge on any atom is -0.478 e. The van der Waals surface area contributed by atoms with Crippen molar-refractivity contribution in [3.63, 3.8) is 0 Å². The molecule has 59 heavy (non-hydrogen) atoms. The molecule has 4 atom stereocenters. The smallest absolute Gasteiger partial charge is 0.407 e. The first kappa shape index (κ1) is 41.5. The number of amides is 1. The first-order valence-electron chi connectivity index (χ1n) is 20.4. The van der Waals surface area contributed by atoms with Gasteiger partial charge >= 0.3 is 12.1 Å². The molecule has 0 unspecified atom stereocenters. The minimum atomic E-state index is -3.96. The van der Waals surface area contributed by atoms with Crippen LogP contribution in [0.15, 0.2) is 83.2 Å². The number of hydrogen-bond acceptors (Lipinski definition) is 10. The lowest BCUT2D eigenvalue weighted by Crippen LogP contribution is -2.43. The molecule has 1 amide bonds. The molecule has 14 heteroatoms. The van der Waals surface area contributed by atoms with Gasteiger partial charge in [-0.25, -0.2) is 23.0 Å². The number of fused-ring (bicyclic) bond motifs is 3. The average molecular weight is 858 g/mol. The molecule has 0 saturated carbocycles. The lowest BCUT2D eigenvalue weighted by atomic mass is 9.76. The molecule has 2 fully saturated rings. The van der Waals surface area contributed by atoms with Gasteiger partial charge in [-0.2, -0.15) is 4.31 Å². The Kier molecular flexibility index (Phi) is 12.0. The number of nitrogens with zero attached hydrogens (tertiary/aromatic N) is 2. The molecule has 3 aromatic carbocycles. The Morgan fingerprint density at radius 3 is 2.66 bits per heavy atom. The van der Waals surface area contributed by atoms with Crippen LogP contribution in [0.4, 0.5) is 4.79 Å². The molecular weight excluding hydrogens is 807 g/mol. The summed E-state index contributed by atoms with van der Waals surface area (Å²) in [4.78, 5) is 32.6. The molecular formula is C45H51N3O8S3. The Labute approximate surface area is 353 Å². The second-order valence-corrected chi connectivity index (χ2v) is 20.8. The quantitative estimate of drug-likeness (QED) is 0.106. The summed E-state index contributed by atoms with van der Waals surface area (Å²) in [6, 6.07) is 22.4. The fraction of sp³-hybridized carbons (Fsp3) is 0.444. The minimum absolute atomic E-state index is 0.0511. The van der Waals surface area contributed by atoms with Gasteiger partial charge in [0.1, 0.15) is 6.10 Å². The van der Waals surface area contributed by atoms with Crippen LogP contribution in [0.5, 0.6) is 0 Å². The molecule has 4 heterocycles. The summed E-state index contributed by atoms with van der Waals surface area (Å²) in [5.74, 6) is -1.71. The Morgan fingerprint density at radius 1 is 1.03 bits per heavy atom. The number of carboxylic acid groups (broad SMARTS) is 1. The fourth-order valence-electron chi connectivity index (χ4n) is 8.85.